The number of benzene rings is 2. The fourth-order valence-corrected chi connectivity index (χ4v) is 3.25. The third-order valence-corrected chi connectivity index (χ3v) is 4.64. The van der Waals surface area contributed by atoms with Gasteiger partial charge in [0, 0.05) is 11.1 Å². The van der Waals surface area contributed by atoms with Crippen molar-refractivity contribution in [2.75, 3.05) is 11.5 Å². The van der Waals surface area contributed by atoms with E-state index in [0.29, 0.717) is 16.7 Å². The number of hydrogen-bond donors (Lipinski definition) is 2. The van der Waals surface area contributed by atoms with Gasteiger partial charge in [0.25, 0.3) is 0 Å². The normalized spacial score (nSPS) is 10.7. The van der Waals surface area contributed by atoms with Gasteiger partial charge in [-0.1, -0.05) is 72.4 Å². The molecular formula is C19H16N8S. The van der Waals surface area contributed by atoms with Crippen LogP contribution < -0.4 is 11.5 Å². The first-order valence-corrected chi connectivity index (χ1v) is 9.42. The summed E-state index contributed by atoms with van der Waals surface area (Å²) in [5.41, 5.74) is 14.6. The Bertz CT molecular complexity index is 1070. The molecule has 0 unspecified atom stereocenters. The van der Waals surface area contributed by atoms with Crippen molar-refractivity contribution in [2.24, 2.45) is 0 Å². The van der Waals surface area contributed by atoms with Crippen LogP contribution in [0.25, 0.3) is 22.5 Å². The molecule has 4 aromatic rings. The van der Waals surface area contributed by atoms with Crippen LogP contribution in [0.2, 0.25) is 0 Å². The van der Waals surface area contributed by atoms with Gasteiger partial charge in [0.15, 0.2) is 0 Å². The summed E-state index contributed by atoms with van der Waals surface area (Å²) in [6.07, 6.45) is 0. The Balaban J connectivity index is 1.68. The van der Waals surface area contributed by atoms with Crippen molar-refractivity contribution >= 4 is 23.7 Å². The maximum absolute atomic E-state index is 5.62. The van der Waals surface area contributed by atoms with Crippen molar-refractivity contribution in [1.82, 2.24) is 30.1 Å². The fraction of sp³-hybridized carbons (Fsp3) is 0.0526. The summed E-state index contributed by atoms with van der Waals surface area (Å²) in [5, 5.41) is 9.22. The molecule has 0 amide bonds. The van der Waals surface area contributed by atoms with Crippen LogP contribution >= 0.6 is 11.8 Å². The van der Waals surface area contributed by atoms with Gasteiger partial charge in [-0.05, 0) is 0 Å². The quantitative estimate of drug-likeness (QED) is 0.496. The molecule has 0 fully saturated rings. The second-order valence-corrected chi connectivity index (χ2v) is 6.72. The minimum absolute atomic E-state index is 0.0894. The molecule has 4 rings (SSSR count). The number of thioether (sulfide) groups is 1. The molecule has 2 heterocycles. The van der Waals surface area contributed by atoms with Gasteiger partial charge < -0.3 is 11.5 Å². The minimum atomic E-state index is 0.0894. The van der Waals surface area contributed by atoms with Crippen molar-refractivity contribution < 1.29 is 0 Å². The molecule has 0 atom stereocenters. The third kappa shape index (κ3) is 4.04. The lowest BCUT2D eigenvalue weighted by atomic mass is 10.0. The SMILES string of the molecule is Nc1nc(N)nc(CSc2nnc(-c3ccccc3)c(-c3ccccc3)n2)n1. The summed E-state index contributed by atoms with van der Waals surface area (Å²) in [6.45, 7) is 0. The highest BCUT2D eigenvalue weighted by Gasteiger charge is 2.14. The lowest BCUT2D eigenvalue weighted by Crippen LogP contribution is -2.06. The Labute approximate surface area is 165 Å². The maximum Gasteiger partial charge on any atom is 0.225 e. The molecule has 0 spiro atoms. The number of anilines is 2. The van der Waals surface area contributed by atoms with E-state index in [1.165, 1.54) is 11.8 Å². The predicted octanol–water partition coefficient (Wildman–Crippen LogP) is 2.85. The Morgan fingerprint density at radius 1 is 0.643 bits per heavy atom. The fourth-order valence-electron chi connectivity index (χ4n) is 2.61. The highest BCUT2D eigenvalue weighted by atomic mass is 32.2. The summed E-state index contributed by atoms with van der Waals surface area (Å²) in [4.78, 5) is 16.7. The van der Waals surface area contributed by atoms with Gasteiger partial charge in [0.1, 0.15) is 17.2 Å². The van der Waals surface area contributed by atoms with Crippen molar-refractivity contribution in [2.45, 2.75) is 10.9 Å². The largest absolute Gasteiger partial charge is 0.368 e. The molecule has 0 aliphatic carbocycles. The van der Waals surface area contributed by atoms with Crippen LogP contribution in [-0.2, 0) is 5.75 Å². The third-order valence-electron chi connectivity index (χ3n) is 3.81. The zero-order valence-corrected chi connectivity index (χ0v) is 15.5. The van der Waals surface area contributed by atoms with E-state index in [4.69, 9.17) is 16.5 Å². The van der Waals surface area contributed by atoms with Gasteiger partial charge in [-0.2, -0.15) is 15.0 Å². The van der Waals surface area contributed by atoms with E-state index in [-0.39, 0.29) is 11.9 Å². The molecule has 0 saturated carbocycles. The summed E-state index contributed by atoms with van der Waals surface area (Å²) in [5.74, 6) is 1.04. The van der Waals surface area contributed by atoms with E-state index in [9.17, 15) is 0 Å². The zero-order chi connectivity index (χ0) is 19.3. The average Bonchev–Trinajstić information content (AvgIpc) is 2.73. The van der Waals surface area contributed by atoms with Crippen LogP contribution in [0.4, 0.5) is 11.9 Å². The molecule has 2 aromatic carbocycles. The van der Waals surface area contributed by atoms with Gasteiger partial charge in [-0.15, -0.1) is 10.2 Å². The monoisotopic (exact) mass is 388 g/mol. The smallest absolute Gasteiger partial charge is 0.225 e. The molecule has 0 aliphatic rings. The van der Waals surface area contributed by atoms with E-state index in [1.807, 2.05) is 60.7 Å². The topological polar surface area (TPSA) is 129 Å². The molecule has 0 bridgehead atoms. The van der Waals surface area contributed by atoms with E-state index >= 15 is 0 Å². The number of nitrogens with two attached hydrogens (primary N) is 2. The molecular weight excluding hydrogens is 372 g/mol. The molecule has 0 radical (unpaired) electrons. The molecule has 8 nitrogen and oxygen atoms in total. The van der Waals surface area contributed by atoms with E-state index in [2.05, 4.69) is 25.1 Å². The molecule has 28 heavy (non-hydrogen) atoms. The number of nitrogen functional groups attached to an aromatic ring is 2. The highest BCUT2D eigenvalue weighted by molar-refractivity contribution is 7.98. The van der Waals surface area contributed by atoms with Gasteiger partial charge in [0.05, 0.1) is 5.75 Å². The Morgan fingerprint density at radius 3 is 1.82 bits per heavy atom. The second kappa shape index (κ2) is 7.97. The minimum Gasteiger partial charge on any atom is -0.368 e. The highest BCUT2D eigenvalue weighted by Crippen LogP contribution is 2.30. The Hall–Kier alpha value is -3.59. The lowest BCUT2D eigenvalue weighted by molar-refractivity contribution is 0.848. The van der Waals surface area contributed by atoms with Crippen LogP contribution in [0.15, 0.2) is 65.8 Å². The summed E-state index contributed by atoms with van der Waals surface area (Å²) in [6, 6.07) is 19.8. The summed E-state index contributed by atoms with van der Waals surface area (Å²) >= 11 is 1.36. The Morgan fingerprint density at radius 2 is 1.21 bits per heavy atom. The molecule has 4 N–H and O–H groups in total. The molecule has 9 heteroatoms. The lowest BCUT2D eigenvalue weighted by Gasteiger charge is -2.09. The molecule has 0 aliphatic heterocycles. The van der Waals surface area contributed by atoms with Crippen molar-refractivity contribution in [1.29, 1.82) is 0 Å². The van der Waals surface area contributed by atoms with E-state index in [1.54, 1.807) is 0 Å². The number of aromatic nitrogens is 6. The Kier molecular flexibility index (Phi) is 5.07. The first-order valence-electron chi connectivity index (χ1n) is 8.43. The van der Waals surface area contributed by atoms with Gasteiger partial charge in [-0.25, -0.2) is 4.98 Å². The molecule has 0 saturated heterocycles. The van der Waals surface area contributed by atoms with Gasteiger partial charge in [-0.3, -0.25) is 0 Å². The molecule has 138 valence electrons. The summed E-state index contributed by atoms with van der Waals surface area (Å²) < 4.78 is 0. The van der Waals surface area contributed by atoms with Gasteiger partial charge in [0.2, 0.25) is 17.1 Å². The zero-order valence-electron chi connectivity index (χ0n) is 14.7. The summed E-state index contributed by atoms with van der Waals surface area (Å²) in [7, 11) is 0. The first-order chi connectivity index (χ1) is 13.7. The predicted molar refractivity (Wildman–Crippen MR) is 109 cm³/mol. The van der Waals surface area contributed by atoms with Crippen LogP contribution in [-0.4, -0.2) is 30.1 Å². The van der Waals surface area contributed by atoms with Crippen molar-refractivity contribution in [3.05, 3.63) is 66.5 Å². The van der Waals surface area contributed by atoms with E-state index < -0.39 is 0 Å². The average molecular weight is 388 g/mol. The van der Waals surface area contributed by atoms with Crippen LogP contribution in [0.5, 0.6) is 0 Å². The van der Waals surface area contributed by atoms with Crippen molar-refractivity contribution in [3.8, 4) is 22.5 Å². The van der Waals surface area contributed by atoms with Crippen LogP contribution in [0.3, 0.4) is 0 Å². The number of rotatable bonds is 5. The number of nitrogens with zero attached hydrogens (tertiary/aromatic N) is 6. The number of hydrogen-bond acceptors (Lipinski definition) is 9. The van der Waals surface area contributed by atoms with Crippen LogP contribution in [0, 0.1) is 0 Å². The van der Waals surface area contributed by atoms with Crippen molar-refractivity contribution in [3.63, 3.8) is 0 Å². The van der Waals surface area contributed by atoms with E-state index in [0.717, 1.165) is 22.5 Å². The van der Waals surface area contributed by atoms with Gasteiger partial charge >= 0.3 is 0 Å². The standard InChI is InChI=1S/C19H16N8S/c20-17-22-14(23-18(21)25-17)11-28-19-24-15(12-7-3-1-4-8-12)16(26-27-19)13-9-5-2-6-10-13/h1-10H,11H2,(H4,20,21,22,23,25). The molecule has 2 aromatic heterocycles. The maximum atomic E-state index is 5.62. The second-order valence-electron chi connectivity index (χ2n) is 5.78. The van der Waals surface area contributed by atoms with Crippen LogP contribution in [0.1, 0.15) is 5.82 Å². The first kappa shape index (κ1) is 17.8.